The summed E-state index contributed by atoms with van der Waals surface area (Å²) in [6, 6.07) is 0. The molecule has 1 aliphatic rings. The molecule has 0 aromatic rings. The number of hydrogen-bond acceptors (Lipinski definition) is 1. The van der Waals surface area contributed by atoms with E-state index in [0.29, 0.717) is 17.8 Å². The fourth-order valence-electron chi connectivity index (χ4n) is 1.98. The molecule has 13 heavy (non-hydrogen) atoms. The van der Waals surface area contributed by atoms with Crippen molar-refractivity contribution in [2.45, 2.75) is 34.6 Å². The van der Waals surface area contributed by atoms with Crippen LogP contribution >= 0.6 is 0 Å². The maximum Gasteiger partial charge on any atom is 0.209 e. The third kappa shape index (κ3) is 3.37. The Hall–Kier alpha value is -0.530. The van der Waals surface area contributed by atoms with Crippen LogP contribution in [-0.2, 0) is 4.79 Å². The summed E-state index contributed by atoms with van der Waals surface area (Å²) in [5.41, 5.74) is 0. The van der Waals surface area contributed by atoms with Crippen molar-refractivity contribution >= 4 is 6.41 Å². The van der Waals surface area contributed by atoms with E-state index in [-0.39, 0.29) is 0 Å². The summed E-state index contributed by atoms with van der Waals surface area (Å²) in [6.45, 7) is 12.6. The van der Waals surface area contributed by atoms with Gasteiger partial charge in [-0.3, -0.25) is 4.79 Å². The van der Waals surface area contributed by atoms with E-state index in [1.807, 2.05) is 18.7 Å². The topological polar surface area (TPSA) is 20.3 Å². The Balaban J connectivity index is 0.000000671. The summed E-state index contributed by atoms with van der Waals surface area (Å²) in [5.74, 6) is 2.09. The van der Waals surface area contributed by atoms with E-state index in [4.69, 9.17) is 0 Å². The van der Waals surface area contributed by atoms with Crippen molar-refractivity contribution in [3.8, 4) is 0 Å². The zero-order chi connectivity index (χ0) is 10.4. The maximum atomic E-state index is 10.4. The highest BCUT2D eigenvalue weighted by Crippen LogP contribution is 2.27. The van der Waals surface area contributed by atoms with Gasteiger partial charge in [-0.25, -0.2) is 0 Å². The van der Waals surface area contributed by atoms with Gasteiger partial charge < -0.3 is 4.90 Å². The van der Waals surface area contributed by atoms with Crippen molar-refractivity contribution in [1.29, 1.82) is 0 Å². The second kappa shape index (κ2) is 6.01. The fraction of sp³-hybridized carbons (Fsp3) is 0.909. The molecule has 0 bridgehead atoms. The molecule has 2 nitrogen and oxygen atoms in total. The van der Waals surface area contributed by atoms with Crippen LogP contribution in [0.4, 0.5) is 0 Å². The number of rotatable bonds is 2. The van der Waals surface area contributed by atoms with E-state index in [1.165, 1.54) is 0 Å². The third-order valence-corrected chi connectivity index (χ3v) is 2.70. The van der Waals surface area contributed by atoms with Crippen molar-refractivity contribution in [2.75, 3.05) is 13.1 Å². The normalized spacial score (nSPS) is 27.1. The van der Waals surface area contributed by atoms with Gasteiger partial charge in [0.05, 0.1) is 0 Å². The Morgan fingerprint density at radius 3 is 2.08 bits per heavy atom. The fourth-order valence-corrected chi connectivity index (χ4v) is 1.98. The molecular weight excluding hydrogens is 162 g/mol. The van der Waals surface area contributed by atoms with Gasteiger partial charge in [-0.1, -0.05) is 34.6 Å². The molecule has 2 unspecified atom stereocenters. The monoisotopic (exact) mass is 185 g/mol. The van der Waals surface area contributed by atoms with Crippen LogP contribution in [0.1, 0.15) is 34.6 Å². The van der Waals surface area contributed by atoms with E-state index < -0.39 is 0 Å². The predicted octanol–water partition coefficient (Wildman–Crippen LogP) is 2.39. The molecule has 2 heteroatoms. The lowest BCUT2D eigenvalue weighted by Crippen LogP contribution is -2.19. The number of likely N-dealkylation sites (tertiary alicyclic amines) is 1. The van der Waals surface area contributed by atoms with Gasteiger partial charge >= 0.3 is 0 Å². The van der Waals surface area contributed by atoms with Crippen LogP contribution in [0.15, 0.2) is 0 Å². The molecule has 0 aromatic heterocycles. The lowest BCUT2D eigenvalue weighted by atomic mass is 9.88. The average molecular weight is 185 g/mol. The molecule has 1 rings (SSSR count). The van der Waals surface area contributed by atoms with Gasteiger partial charge in [0.15, 0.2) is 0 Å². The van der Waals surface area contributed by atoms with Crippen molar-refractivity contribution in [2.24, 2.45) is 17.8 Å². The van der Waals surface area contributed by atoms with Gasteiger partial charge in [-0.05, 0) is 17.8 Å². The Labute approximate surface area is 82.3 Å². The quantitative estimate of drug-likeness (QED) is 0.605. The summed E-state index contributed by atoms with van der Waals surface area (Å²) >= 11 is 0. The molecule has 0 spiro atoms. The molecule has 1 fully saturated rings. The molecule has 1 aliphatic heterocycles. The van der Waals surface area contributed by atoms with Gasteiger partial charge in [-0.2, -0.15) is 0 Å². The molecule has 2 atom stereocenters. The average Bonchev–Trinajstić information content (AvgIpc) is 2.50. The maximum absolute atomic E-state index is 10.4. The first-order chi connectivity index (χ1) is 6.15. The molecule has 0 radical (unpaired) electrons. The van der Waals surface area contributed by atoms with E-state index in [9.17, 15) is 4.79 Å². The minimum Gasteiger partial charge on any atom is -0.345 e. The van der Waals surface area contributed by atoms with E-state index in [1.54, 1.807) is 0 Å². The largest absolute Gasteiger partial charge is 0.345 e. The summed E-state index contributed by atoms with van der Waals surface area (Å²) < 4.78 is 0. The summed E-state index contributed by atoms with van der Waals surface area (Å²) in [4.78, 5) is 12.3. The third-order valence-electron chi connectivity index (χ3n) is 2.70. The molecule has 0 aromatic carbocycles. The standard InChI is InChI=1S/C9H17NO.C2H6/c1-7(2)9-5-10(6-11)4-8(9)3;1-2/h6-9H,4-5H2,1-3H3;1-2H3. The Morgan fingerprint density at radius 1 is 1.31 bits per heavy atom. The summed E-state index contributed by atoms with van der Waals surface area (Å²) in [5, 5.41) is 0. The van der Waals surface area contributed by atoms with Crippen molar-refractivity contribution in [3.63, 3.8) is 0 Å². The molecule has 0 N–H and O–H groups in total. The van der Waals surface area contributed by atoms with Gasteiger partial charge in [0.2, 0.25) is 6.41 Å². The zero-order valence-corrected chi connectivity index (χ0v) is 9.58. The number of amides is 1. The zero-order valence-electron chi connectivity index (χ0n) is 9.58. The SMILES string of the molecule is CC.CC(C)C1CN(C=O)CC1C. The van der Waals surface area contributed by atoms with Crippen LogP contribution in [-0.4, -0.2) is 24.4 Å². The Bertz CT molecular complexity index is 145. The lowest BCUT2D eigenvalue weighted by molar-refractivity contribution is -0.117. The van der Waals surface area contributed by atoms with Crippen LogP contribution in [0.25, 0.3) is 0 Å². The highest BCUT2D eigenvalue weighted by molar-refractivity contribution is 5.47. The smallest absolute Gasteiger partial charge is 0.209 e. The highest BCUT2D eigenvalue weighted by atomic mass is 16.1. The summed E-state index contributed by atoms with van der Waals surface area (Å²) in [6.07, 6.45) is 0.971. The first-order valence-electron chi connectivity index (χ1n) is 5.34. The Kier molecular flexibility index (Phi) is 5.76. The number of hydrogen-bond donors (Lipinski definition) is 0. The van der Waals surface area contributed by atoms with Crippen LogP contribution in [0.5, 0.6) is 0 Å². The van der Waals surface area contributed by atoms with Gasteiger partial charge in [0.25, 0.3) is 0 Å². The number of carbonyl (C=O) groups excluding carboxylic acids is 1. The van der Waals surface area contributed by atoms with Gasteiger partial charge in [0, 0.05) is 13.1 Å². The lowest BCUT2D eigenvalue weighted by Gasteiger charge is -2.17. The van der Waals surface area contributed by atoms with Crippen molar-refractivity contribution < 1.29 is 4.79 Å². The van der Waals surface area contributed by atoms with E-state index in [0.717, 1.165) is 19.5 Å². The molecule has 1 amide bonds. The van der Waals surface area contributed by atoms with E-state index in [2.05, 4.69) is 20.8 Å². The second-order valence-electron chi connectivity index (χ2n) is 3.94. The second-order valence-corrected chi connectivity index (χ2v) is 3.94. The van der Waals surface area contributed by atoms with Crippen LogP contribution < -0.4 is 0 Å². The highest BCUT2D eigenvalue weighted by Gasteiger charge is 2.30. The molecule has 0 aliphatic carbocycles. The van der Waals surface area contributed by atoms with Crippen molar-refractivity contribution in [3.05, 3.63) is 0 Å². The summed E-state index contributed by atoms with van der Waals surface area (Å²) in [7, 11) is 0. The van der Waals surface area contributed by atoms with Gasteiger partial charge in [-0.15, -0.1) is 0 Å². The molecule has 1 saturated heterocycles. The minimum atomic E-state index is 0.681. The van der Waals surface area contributed by atoms with Crippen LogP contribution in [0, 0.1) is 17.8 Å². The first-order valence-corrected chi connectivity index (χ1v) is 5.34. The van der Waals surface area contributed by atoms with Gasteiger partial charge in [0.1, 0.15) is 0 Å². The molecule has 78 valence electrons. The van der Waals surface area contributed by atoms with Crippen LogP contribution in [0.3, 0.4) is 0 Å². The minimum absolute atomic E-state index is 0.681. The number of carbonyl (C=O) groups is 1. The van der Waals surface area contributed by atoms with Crippen molar-refractivity contribution in [1.82, 2.24) is 4.90 Å². The Morgan fingerprint density at radius 2 is 1.85 bits per heavy atom. The molecular formula is C11H23NO. The first kappa shape index (κ1) is 12.5. The number of nitrogens with zero attached hydrogens (tertiary/aromatic N) is 1. The predicted molar refractivity (Wildman–Crippen MR) is 56.5 cm³/mol. The molecule has 1 heterocycles. The molecule has 0 saturated carbocycles. The van der Waals surface area contributed by atoms with Crippen LogP contribution in [0.2, 0.25) is 0 Å². The van der Waals surface area contributed by atoms with E-state index >= 15 is 0 Å².